The maximum absolute atomic E-state index is 11.2. The van der Waals surface area contributed by atoms with Crippen LogP contribution >= 0.6 is 27.3 Å². The summed E-state index contributed by atoms with van der Waals surface area (Å²) in [6.45, 7) is 1.60. The van der Waals surface area contributed by atoms with Gasteiger partial charge >= 0.3 is 0 Å². The van der Waals surface area contributed by atoms with Crippen LogP contribution in [0.2, 0.25) is 0 Å². The van der Waals surface area contributed by atoms with Crippen molar-refractivity contribution in [1.29, 1.82) is 0 Å². The zero-order chi connectivity index (χ0) is 9.42. The molecule has 0 fully saturated rings. The summed E-state index contributed by atoms with van der Waals surface area (Å²) in [6, 6.07) is 5.97. The highest BCUT2D eigenvalue weighted by molar-refractivity contribution is 9.10. The zero-order valence-corrected chi connectivity index (χ0v) is 9.41. The van der Waals surface area contributed by atoms with E-state index in [1.54, 1.807) is 18.3 Å². The summed E-state index contributed by atoms with van der Waals surface area (Å²) in [5, 5.41) is 2.97. The van der Waals surface area contributed by atoms with E-state index in [1.165, 1.54) is 0 Å². The minimum Gasteiger partial charge on any atom is -0.294 e. The summed E-state index contributed by atoms with van der Waals surface area (Å²) in [5.41, 5.74) is 0.826. The number of hydrogen-bond acceptors (Lipinski definition) is 2. The molecule has 0 unspecified atom stereocenters. The molecule has 0 spiro atoms. The van der Waals surface area contributed by atoms with Gasteiger partial charge in [0.15, 0.2) is 5.78 Å². The summed E-state index contributed by atoms with van der Waals surface area (Å²) in [4.78, 5) is 11.2. The minimum atomic E-state index is 0.133. The van der Waals surface area contributed by atoms with Gasteiger partial charge in [0.1, 0.15) is 0 Å². The fourth-order valence-corrected chi connectivity index (χ4v) is 2.83. The zero-order valence-electron chi connectivity index (χ0n) is 7.00. The first-order valence-electron chi connectivity index (χ1n) is 3.86. The van der Waals surface area contributed by atoms with Gasteiger partial charge in [0.25, 0.3) is 0 Å². The lowest BCUT2D eigenvalue weighted by molar-refractivity contribution is 0.101. The molecule has 1 aromatic heterocycles. The molecule has 13 heavy (non-hydrogen) atoms. The number of carbonyl (C=O) groups excluding carboxylic acids is 1. The van der Waals surface area contributed by atoms with Gasteiger partial charge in [-0.2, -0.15) is 0 Å². The smallest absolute Gasteiger partial charge is 0.161 e. The van der Waals surface area contributed by atoms with Gasteiger partial charge in [-0.25, -0.2) is 0 Å². The number of fused-ring (bicyclic) bond motifs is 1. The van der Waals surface area contributed by atoms with Crippen molar-refractivity contribution in [2.75, 3.05) is 0 Å². The first kappa shape index (κ1) is 8.91. The second-order valence-corrected chi connectivity index (χ2v) is 4.67. The Morgan fingerprint density at radius 1 is 1.46 bits per heavy atom. The molecule has 2 aromatic rings. The highest BCUT2D eigenvalue weighted by atomic mass is 79.9. The Labute approximate surface area is 88.5 Å². The van der Waals surface area contributed by atoms with Crippen molar-refractivity contribution in [2.24, 2.45) is 0 Å². The van der Waals surface area contributed by atoms with Crippen LogP contribution in [0, 0.1) is 0 Å². The normalized spacial score (nSPS) is 10.6. The van der Waals surface area contributed by atoms with Gasteiger partial charge in [0.05, 0.1) is 0 Å². The summed E-state index contributed by atoms with van der Waals surface area (Å²) in [5.74, 6) is 0.133. The predicted molar refractivity (Wildman–Crippen MR) is 59.5 cm³/mol. The predicted octanol–water partition coefficient (Wildman–Crippen LogP) is 3.87. The van der Waals surface area contributed by atoms with E-state index in [0.29, 0.717) is 0 Å². The average Bonchev–Trinajstić information content (AvgIpc) is 2.46. The molecule has 1 heterocycles. The molecule has 0 atom stereocenters. The largest absolute Gasteiger partial charge is 0.294 e. The summed E-state index contributed by atoms with van der Waals surface area (Å²) < 4.78 is 2.21. The maximum Gasteiger partial charge on any atom is 0.161 e. The Bertz CT molecular complexity index is 473. The third-order valence-corrected chi connectivity index (χ3v) is 3.36. The van der Waals surface area contributed by atoms with Crippen molar-refractivity contribution in [3.63, 3.8) is 0 Å². The molecule has 0 radical (unpaired) electrons. The van der Waals surface area contributed by atoms with Gasteiger partial charge < -0.3 is 0 Å². The Morgan fingerprint density at radius 2 is 2.23 bits per heavy atom. The first-order chi connectivity index (χ1) is 6.18. The van der Waals surface area contributed by atoms with Crippen molar-refractivity contribution in [3.05, 3.63) is 33.6 Å². The van der Waals surface area contributed by atoms with Crippen LogP contribution in [0.15, 0.2) is 28.1 Å². The molecule has 0 aliphatic heterocycles. The second-order valence-electron chi connectivity index (χ2n) is 2.85. The van der Waals surface area contributed by atoms with Crippen LogP contribution in [0.5, 0.6) is 0 Å². The van der Waals surface area contributed by atoms with Crippen LogP contribution in [0.4, 0.5) is 0 Å². The van der Waals surface area contributed by atoms with E-state index in [9.17, 15) is 4.79 Å². The van der Waals surface area contributed by atoms with Crippen molar-refractivity contribution in [3.8, 4) is 0 Å². The molecule has 0 saturated heterocycles. The van der Waals surface area contributed by atoms with Crippen molar-refractivity contribution in [1.82, 2.24) is 0 Å². The number of benzene rings is 1. The highest BCUT2D eigenvalue weighted by Crippen LogP contribution is 2.28. The molecule has 66 valence electrons. The van der Waals surface area contributed by atoms with Gasteiger partial charge in [-0.15, -0.1) is 11.3 Å². The van der Waals surface area contributed by atoms with Crippen LogP contribution < -0.4 is 0 Å². The van der Waals surface area contributed by atoms with Crippen molar-refractivity contribution >= 4 is 43.1 Å². The van der Waals surface area contributed by atoms with Gasteiger partial charge in [0.2, 0.25) is 0 Å². The lowest BCUT2D eigenvalue weighted by Crippen LogP contribution is -1.87. The van der Waals surface area contributed by atoms with Gasteiger partial charge in [-0.3, -0.25) is 4.79 Å². The number of Topliss-reactive ketones (excluding diaryl/α,β-unsaturated/α-hetero) is 1. The van der Waals surface area contributed by atoms with Gasteiger partial charge in [-0.05, 0) is 19.1 Å². The van der Waals surface area contributed by atoms with E-state index in [-0.39, 0.29) is 5.78 Å². The Balaban J connectivity index is 2.76. The van der Waals surface area contributed by atoms with Crippen LogP contribution in [0.3, 0.4) is 0 Å². The lowest BCUT2D eigenvalue weighted by atomic mass is 10.1. The quantitative estimate of drug-likeness (QED) is 0.707. The fraction of sp³-hybridized carbons (Fsp3) is 0.100. The minimum absolute atomic E-state index is 0.133. The van der Waals surface area contributed by atoms with E-state index >= 15 is 0 Å². The molecule has 0 saturated carbocycles. The fourth-order valence-electron chi connectivity index (χ4n) is 1.27. The maximum atomic E-state index is 11.2. The van der Waals surface area contributed by atoms with E-state index in [0.717, 1.165) is 20.1 Å². The molecule has 0 bridgehead atoms. The number of carbonyl (C=O) groups is 1. The number of rotatable bonds is 1. The van der Waals surface area contributed by atoms with Crippen molar-refractivity contribution in [2.45, 2.75) is 6.92 Å². The number of ketones is 1. The molecule has 0 N–H and O–H groups in total. The van der Waals surface area contributed by atoms with E-state index in [4.69, 9.17) is 0 Å². The van der Waals surface area contributed by atoms with E-state index in [1.807, 2.05) is 23.6 Å². The van der Waals surface area contributed by atoms with Crippen molar-refractivity contribution < 1.29 is 4.79 Å². The van der Waals surface area contributed by atoms with Gasteiger partial charge in [-0.1, -0.05) is 22.0 Å². The second kappa shape index (κ2) is 3.24. The average molecular weight is 255 g/mol. The molecule has 1 aromatic carbocycles. The highest BCUT2D eigenvalue weighted by Gasteiger charge is 2.07. The van der Waals surface area contributed by atoms with Crippen LogP contribution in [0.25, 0.3) is 10.1 Å². The Kier molecular flexibility index (Phi) is 2.22. The first-order valence-corrected chi connectivity index (χ1v) is 5.53. The molecular formula is C10H7BrOS. The van der Waals surface area contributed by atoms with Gasteiger partial charge in [0, 0.05) is 25.5 Å². The lowest BCUT2D eigenvalue weighted by Gasteiger charge is -1.93. The molecule has 1 nitrogen and oxygen atoms in total. The Morgan fingerprint density at radius 3 is 2.92 bits per heavy atom. The van der Waals surface area contributed by atoms with E-state index in [2.05, 4.69) is 15.9 Å². The molecule has 0 aliphatic rings. The molecule has 0 aliphatic carbocycles. The third kappa shape index (κ3) is 1.54. The molecule has 2 rings (SSSR count). The third-order valence-electron chi connectivity index (χ3n) is 1.92. The standard InChI is InChI=1S/C10H7BrOS/c1-6(12)9-5-13-10-4-7(11)2-3-8(9)10/h2-5H,1H3. The van der Waals surface area contributed by atoms with Crippen LogP contribution in [-0.4, -0.2) is 5.78 Å². The van der Waals surface area contributed by atoms with Crippen LogP contribution in [0.1, 0.15) is 17.3 Å². The topological polar surface area (TPSA) is 17.1 Å². The summed E-state index contributed by atoms with van der Waals surface area (Å²) in [6.07, 6.45) is 0. The SMILES string of the molecule is CC(=O)c1csc2cc(Br)ccc12. The number of halogens is 1. The summed E-state index contributed by atoms with van der Waals surface area (Å²) in [7, 11) is 0. The monoisotopic (exact) mass is 254 g/mol. The van der Waals surface area contributed by atoms with Crippen LogP contribution in [-0.2, 0) is 0 Å². The number of thiophene rings is 1. The molecule has 3 heteroatoms. The van der Waals surface area contributed by atoms with E-state index < -0.39 is 0 Å². The number of hydrogen-bond donors (Lipinski definition) is 0. The Hall–Kier alpha value is -0.670. The molecule has 0 amide bonds. The summed E-state index contributed by atoms with van der Waals surface area (Å²) >= 11 is 5.01. The molecular weight excluding hydrogens is 248 g/mol.